The first-order chi connectivity index (χ1) is 14.0. The number of nitrogens with zero attached hydrogens (tertiary/aromatic N) is 6. The summed E-state index contributed by atoms with van der Waals surface area (Å²) in [5.41, 5.74) is 1.12. The van der Waals surface area contributed by atoms with Gasteiger partial charge in [-0.25, -0.2) is 13.8 Å². The number of nitrogens with one attached hydrogen (secondary N) is 1. The van der Waals surface area contributed by atoms with Gasteiger partial charge >= 0.3 is 0 Å². The van der Waals surface area contributed by atoms with E-state index >= 15 is 0 Å². The maximum absolute atomic E-state index is 13.5. The number of nitriles is 1. The van der Waals surface area contributed by atoms with Gasteiger partial charge in [0.25, 0.3) is 0 Å². The van der Waals surface area contributed by atoms with Crippen molar-refractivity contribution in [2.24, 2.45) is 0 Å². The molecule has 152 valence electrons. The van der Waals surface area contributed by atoms with E-state index in [9.17, 15) is 14.0 Å². The summed E-state index contributed by atoms with van der Waals surface area (Å²) in [4.78, 5) is 15.1. The number of benzene rings is 1. The Bertz CT molecular complexity index is 999. The van der Waals surface area contributed by atoms with Crippen molar-refractivity contribution >= 4 is 22.7 Å². The van der Waals surface area contributed by atoms with Gasteiger partial charge in [0.05, 0.1) is 6.33 Å². The largest absolute Gasteiger partial charge is 0.338 e. The molecule has 0 aliphatic carbocycles. The summed E-state index contributed by atoms with van der Waals surface area (Å²) in [6, 6.07) is 5.01. The maximum atomic E-state index is 13.5. The highest BCUT2D eigenvalue weighted by Gasteiger charge is 2.15. The van der Waals surface area contributed by atoms with Crippen LogP contribution < -0.4 is 5.32 Å². The molecule has 0 atom stereocenters. The van der Waals surface area contributed by atoms with Crippen LogP contribution in [0.4, 0.5) is 20.3 Å². The first-order valence-electron chi connectivity index (χ1n) is 9.62. The Labute approximate surface area is 168 Å². The van der Waals surface area contributed by atoms with Gasteiger partial charge in [-0.05, 0) is 38.1 Å². The van der Waals surface area contributed by atoms with Crippen molar-refractivity contribution in [2.45, 2.75) is 33.2 Å². The van der Waals surface area contributed by atoms with Crippen molar-refractivity contribution < 1.29 is 8.78 Å². The molecule has 0 bridgehead atoms. The zero-order valence-corrected chi connectivity index (χ0v) is 16.5. The molecule has 7 nitrogen and oxygen atoms in total. The van der Waals surface area contributed by atoms with Crippen LogP contribution in [0.1, 0.15) is 32.5 Å². The van der Waals surface area contributed by atoms with E-state index in [-0.39, 0.29) is 17.3 Å². The molecule has 0 spiro atoms. The Morgan fingerprint density at radius 1 is 1.07 bits per heavy atom. The predicted molar refractivity (Wildman–Crippen MR) is 107 cm³/mol. The van der Waals surface area contributed by atoms with E-state index in [0.29, 0.717) is 17.7 Å². The Hall–Kier alpha value is -3.12. The third-order valence-electron chi connectivity index (χ3n) is 4.43. The molecular formula is C20H23F2N7. The zero-order valence-electron chi connectivity index (χ0n) is 16.5. The number of hydrogen-bond acceptors (Lipinski definition) is 6. The molecule has 3 rings (SSSR count). The van der Waals surface area contributed by atoms with Gasteiger partial charge in [-0.3, -0.25) is 0 Å². The highest BCUT2D eigenvalue weighted by atomic mass is 19.1. The predicted octanol–water partition coefficient (Wildman–Crippen LogP) is 3.84. The summed E-state index contributed by atoms with van der Waals surface area (Å²) in [6.45, 7) is 7.81. The lowest BCUT2D eigenvalue weighted by Gasteiger charge is -2.21. The smallest absolute Gasteiger partial charge is 0.236 e. The fraction of sp³-hybridized carbons (Fsp3) is 0.400. The SMILES string of the molecule is CCCN(CCC)CCn1cnc2c(Nc3cc(F)cc(F)c3)nc(C#N)nc21. The molecule has 0 saturated carbocycles. The Balaban J connectivity index is 1.91. The third kappa shape index (κ3) is 5.03. The number of imidazole rings is 1. The molecule has 2 heterocycles. The van der Waals surface area contributed by atoms with Gasteiger partial charge in [-0.2, -0.15) is 15.2 Å². The molecule has 0 amide bonds. The van der Waals surface area contributed by atoms with Gasteiger partial charge in [-0.1, -0.05) is 13.8 Å². The van der Waals surface area contributed by atoms with Crippen molar-refractivity contribution in [1.29, 1.82) is 5.26 Å². The average Bonchev–Trinajstić information content (AvgIpc) is 3.09. The second kappa shape index (κ2) is 9.39. The van der Waals surface area contributed by atoms with Crippen LogP contribution in [0.2, 0.25) is 0 Å². The van der Waals surface area contributed by atoms with Crippen LogP contribution in [0.15, 0.2) is 24.5 Å². The first-order valence-corrected chi connectivity index (χ1v) is 9.62. The lowest BCUT2D eigenvalue weighted by atomic mass is 10.3. The van der Waals surface area contributed by atoms with E-state index in [0.717, 1.165) is 50.7 Å². The van der Waals surface area contributed by atoms with Gasteiger partial charge in [0.2, 0.25) is 5.82 Å². The summed E-state index contributed by atoms with van der Waals surface area (Å²) in [5.74, 6) is -1.24. The van der Waals surface area contributed by atoms with E-state index in [1.807, 2.05) is 10.6 Å². The van der Waals surface area contributed by atoms with Crippen molar-refractivity contribution in [2.75, 3.05) is 25.0 Å². The molecule has 1 aromatic carbocycles. The molecule has 2 aromatic heterocycles. The normalized spacial score (nSPS) is 11.2. The Kier molecular flexibility index (Phi) is 6.67. The highest BCUT2D eigenvalue weighted by Crippen LogP contribution is 2.24. The Morgan fingerprint density at radius 2 is 1.76 bits per heavy atom. The number of rotatable bonds is 9. The quantitative estimate of drug-likeness (QED) is 0.589. The molecule has 9 heteroatoms. The maximum Gasteiger partial charge on any atom is 0.236 e. The average molecular weight is 399 g/mol. The van der Waals surface area contributed by atoms with Gasteiger partial charge in [-0.15, -0.1) is 0 Å². The van der Waals surface area contributed by atoms with Crippen LogP contribution in [0, 0.1) is 23.0 Å². The molecule has 0 aliphatic rings. The fourth-order valence-electron chi connectivity index (χ4n) is 3.22. The number of hydrogen-bond donors (Lipinski definition) is 1. The number of aromatic nitrogens is 4. The second-order valence-corrected chi connectivity index (χ2v) is 6.74. The molecule has 29 heavy (non-hydrogen) atoms. The zero-order chi connectivity index (χ0) is 20.8. The van der Waals surface area contributed by atoms with Gasteiger partial charge < -0.3 is 14.8 Å². The molecular weight excluding hydrogens is 376 g/mol. The van der Waals surface area contributed by atoms with Crippen LogP contribution in [0.5, 0.6) is 0 Å². The molecule has 0 radical (unpaired) electrons. The minimum Gasteiger partial charge on any atom is -0.338 e. The van der Waals surface area contributed by atoms with E-state index in [2.05, 4.69) is 39.0 Å². The second-order valence-electron chi connectivity index (χ2n) is 6.74. The van der Waals surface area contributed by atoms with E-state index in [1.165, 1.54) is 0 Å². The lowest BCUT2D eigenvalue weighted by Crippen LogP contribution is -2.29. The summed E-state index contributed by atoms with van der Waals surface area (Å²) < 4.78 is 28.9. The van der Waals surface area contributed by atoms with Crippen LogP contribution in [-0.2, 0) is 6.54 Å². The molecule has 0 aliphatic heterocycles. The van der Waals surface area contributed by atoms with Gasteiger partial charge in [0.1, 0.15) is 17.7 Å². The standard InChI is InChI=1S/C20H23F2N7/c1-3-5-28(6-4-2)7-8-29-13-24-18-19(26-17(12-23)27-20(18)29)25-16-10-14(21)9-15(22)11-16/h9-11,13H,3-8H2,1-2H3,(H,25,26,27). The molecule has 0 unspecified atom stereocenters. The van der Waals surface area contributed by atoms with Crippen molar-refractivity contribution in [3.05, 3.63) is 42.0 Å². The molecule has 0 saturated heterocycles. The van der Waals surface area contributed by atoms with Crippen LogP contribution in [-0.4, -0.2) is 44.1 Å². The number of anilines is 2. The Morgan fingerprint density at radius 3 is 2.38 bits per heavy atom. The lowest BCUT2D eigenvalue weighted by molar-refractivity contribution is 0.264. The van der Waals surface area contributed by atoms with Crippen molar-refractivity contribution in [1.82, 2.24) is 24.4 Å². The monoisotopic (exact) mass is 399 g/mol. The van der Waals surface area contributed by atoms with Gasteiger partial charge in [0.15, 0.2) is 17.0 Å². The minimum absolute atomic E-state index is 0.0439. The highest BCUT2D eigenvalue weighted by molar-refractivity contribution is 5.85. The molecule has 0 fully saturated rings. The summed E-state index contributed by atoms with van der Waals surface area (Å²) in [7, 11) is 0. The number of fused-ring (bicyclic) bond motifs is 1. The van der Waals surface area contributed by atoms with E-state index in [4.69, 9.17) is 0 Å². The minimum atomic E-state index is -0.712. The number of halogens is 2. The van der Waals surface area contributed by atoms with Crippen molar-refractivity contribution in [3.63, 3.8) is 0 Å². The fourth-order valence-corrected chi connectivity index (χ4v) is 3.22. The topological polar surface area (TPSA) is 82.7 Å². The van der Waals surface area contributed by atoms with Crippen LogP contribution in [0.3, 0.4) is 0 Å². The summed E-state index contributed by atoms with van der Waals surface area (Å²) >= 11 is 0. The van der Waals surface area contributed by atoms with Crippen molar-refractivity contribution in [3.8, 4) is 6.07 Å². The van der Waals surface area contributed by atoms with E-state index < -0.39 is 11.6 Å². The molecule has 3 aromatic rings. The van der Waals surface area contributed by atoms with Crippen LogP contribution in [0.25, 0.3) is 11.2 Å². The summed E-state index contributed by atoms with van der Waals surface area (Å²) in [6.07, 6.45) is 3.79. The van der Waals surface area contributed by atoms with E-state index in [1.54, 1.807) is 6.33 Å². The summed E-state index contributed by atoms with van der Waals surface area (Å²) in [5, 5.41) is 12.2. The molecule has 1 N–H and O–H groups in total. The van der Waals surface area contributed by atoms with Gasteiger partial charge in [0, 0.05) is 24.8 Å². The van der Waals surface area contributed by atoms with Crippen LogP contribution >= 0.6 is 0 Å². The third-order valence-corrected chi connectivity index (χ3v) is 4.43. The first kappa shape index (κ1) is 20.6.